The van der Waals surface area contributed by atoms with E-state index in [1.54, 1.807) is 6.92 Å². The molecule has 0 aromatic carbocycles. The predicted molar refractivity (Wildman–Crippen MR) is 69.1 cm³/mol. The lowest BCUT2D eigenvalue weighted by Crippen LogP contribution is -2.47. The lowest BCUT2D eigenvalue weighted by atomic mass is 9.81. The van der Waals surface area contributed by atoms with E-state index in [0.717, 1.165) is 32.3 Å². The Hall–Kier alpha value is -0.870. The van der Waals surface area contributed by atoms with Crippen LogP contribution in [0.5, 0.6) is 0 Å². The van der Waals surface area contributed by atoms with Crippen LogP contribution in [0.1, 0.15) is 39.0 Å². The van der Waals surface area contributed by atoms with Crippen LogP contribution in [0.25, 0.3) is 0 Å². The summed E-state index contributed by atoms with van der Waals surface area (Å²) in [6.45, 7) is 5.95. The van der Waals surface area contributed by atoms with Gasteiger partial charge in [0.25, 0.3) is 0 Å². The zero-order valence-electron chi connectivity index (χ0n) is 11.0. The van der Waals surface area contributed by atoms with Crippen LogP contribution in [-0.2, 0) is 9.53 Å². The SMILES string of the molecule is C=C[C@](C)(O)CC(=O)N[C@@H]1CCC[C@@H]2OCC[C@H]21. The third-order valence-electron chi connectivity index (χ3n) is 4.09. The molecule has 102 valence electrons. The zero-order chi connectivity index (χ0) is 13.2. The number of carbonyl (C=O) groups excluding carboxylic acids is 1. The molecule has 2 N–H and O–H groups in total. The fraction of sp³-hybridized carbons (Fsp3) is 0.786. The van der Waals surface area contributed by atoms with Crippen molar-refractivity contribution in [3.63, 3.8) is 0 Å². The Morgan fingerprint density at radius 2 is 2.33 bits per heavy atom. The highest BCUT2D eigenvalue weighted by Crippen LogP contribution is 2.34. The van der Waals surface area contributed by atoms with Crippen molar-refractivity contribution in [2.75, 3.05) is 6.61 Å². The predicted octanol–water partition coefficient (Wildman–Crippen LogP) is 1.39. The third kappa shape index (κ3) is 3.12. The number of hydrogen-bond acceptors (Lipinski definition) is 3. The smallest absolute Gasteiger partial charge is 0.223 e. The minimum Gasteiger partial charge on any atom is -0.386 e. The monoisotopic (exact) mass is 253 g/mol. The summed E-state index contributed by atoms with van der Waals surface area (Å²) in [7, 11) is 0. The van der Waals surface area contributed by atoms with Gasteiger partial charge in [-0.15, -0.1) is 6.58 Å². The van der Waals surface area contributed by atoms with Crippen molar-refractivity contribution >= 4 is 5.91 Å². The Bertz CT molecular complexity index is 327. The fourth-order valence-electron chi connectivity index (χ4n) is 3.01. The number of amides is 1. The first-order chi connectivity index (χ1) is 8.52. The van der Waals surface area contributed by atoms with Crippen LogP contribution in [0, 0.1) is 5.92 Å². The van der Waals surface area contributed by atoms with Crippen molar-refractivity contribution in [3.8, 4) is 0 Å². The van der Waals surface area contributed by atoms with Crippen molar-refractivity contribution in [1.82, 2.24) is 5.32 Å². The van der Waals surface area contributed by atoms with E-state index in [1.807, 2.05) is 0 Å². The van der Waals surface area contributed by atoms with Gasteiger partial charge in [-0.25, -0.2) is 0 Å². The summed E-state index contributed by atoms with van der Waals surface area (Å²) in [6, 6.07) is 0.208. The van der Waals surface area contributed by atoms with Gasteiger partial charge in [0.05, 0.1) is 18.1 Å². The second kappa shape index (κ2) is 5.41. The minimum atomic E-state index is -1.12. The van der Waals surface area contributed by atoms with E-state index in [2.05, 4.69) is 11.9 Å². The molecule has 0 unspecified atom stereocenters. The van der Waals surface area contributed by atoms with Crippen LogP contribution >= 0.6 is 0 Å². The van der Waals surface area contributed by atoms with E-state index in [4.69, 9.17) is 4.74 Å². The van der Waals surface area contributed by atoms with Gasteiger partial charge in [0.15, 0.2) is 0 Å². The van der Waals surface area contributed by atoms with E-state index in [9.17, 15) is 9.90 Å². The van der Waals surface area contributed by atoms with E-state index in [0.29, 0.717) is 12.0 Å². The zero-order valence-corrected chi connectivity index (χ0v) is 11.0. The van der Waals surface area contributed by atoms with E-state index in [-0.39, 0.29) is 18.4 Å². The van der Waals surface area contributed by atoms with Gasteiger partial charge in [-0.3, -0.25) is 4.79 Å². The first kappa shape index (κ1) is 13.6. The average molecular weight is 253 g/mol. The van der Waals surface area contributed by atoms with Gasteiger partial charge in [-0.1, -0.05) is 6.08 Å². The van der Waals surface area contributed by atoms with Gasteiger partial charge in [0, 0.05) is 18.6 Å². The molecule has 1 aliphatic carbocycles. The summed E-state index contributed by atoms with van der Waals surface area (Å²) in [5.74, 6) is 0.355. The van der Waals surface area contributed by atoms with Crippen LogP contribution in [0.15, 0.2) is 12.7 Å². The largest absolute Gasteiger partial charge is 0.386 e. The van der Waals surface area contributed by atoms with E-state index in [1.165, 1.54) is 6.08 Å². The molecule has 2 aliphatic rings. The molecule has 4 heteroatoms. The Morgan fingerprint density at radius 1 is 1.56 bits per heavy atom. The summed E-state index contributed by atoms with van der Waals surface area (Å²) in [4.78, 5) is 11.9. The highest BCUT2D eigenvalue weighted by molar-refractivity contribution is 5.77. The summed E-state index contributed by atoms with van der Waals surface area (Å²) in [5, 5.41) is 12.9. The van der Waals surface area contributed by atoms with Gasteiger partial charge in [-0.05, 0) is 32.6 Å². The summed E-state index contributed by atoms with van der Waals surface area (Å²) in [5.41, 5.74) is -1.12. The molecule has 2 rings (SSSR count). The van der Waals surface area contributed by atoms with Crippen molar-refractivity contribution in [3.05, 3.63) is 12.7 Å². The first-order valence-electron chi connectivity index (χ1n) is 6.79. The van der Waals surface area contributed by atoms with Crippen LogP contribution in [0.4, 0.5) is 0 Å². The van der Waals surface area contributed by atoms with Gasteiger partial charge in [0.1, 0.15) is 0 Å². The number of aliphatic hydroxyl groups is 1. The molecule has 1 heterocycles. The van der Waals surface area contributed by atoms with Crippen LogP contribution in [-0.4, -0.2) is 35.4 Å². The lowest BCUT2D eigenvalue weighted by Gasteiger charge is -2.33. The average Bonchev–Trinajstić information content (AvgIpc) is 2.77. The molecular formula is C14H23NO3. The molecule has 4 nitrogen and oxygen atoms in total. The first-order valence-corrected chi connectivity index (χ1v) is 6.79. The Morgan fingerprint density at radius 3 is 3.06 bits per heavy atom. The normalized spacial score (nSPS) is 34.4. The molecule has 0 aromatic rings. The van der Waals surface area contributed by atoms with Crippen molar-refractivity contribution in [2.24, 2.45) is 5.92 Å². The Labute approximate surface area is 108 Å². The Kier molecular flexibility index (Phi) is 4.07. The van der Waals surface area contributed by atoms with Crippen LogP contribution in [0.2, 0.25) is 0 Å². The molecule has 0 aromatic heterocycles. The van der Waals surface area contributed by atoms with Crippen molar-refractivity contribution < 1.29 is 14.6 Å². The molecule has 1 aliphatic heterocycles. The molecule has 1 saturated heterocycles. The molecule has 0 radical (unpaired) electrons. The third-order valence-corrected chi connectivity index (χ3v) is 4.09. The highest BCUT2D eigenvalue weighted by atomic mass is 16.5. The molecule has 4 atom stereocenters. The number of carbonyl (C=O) groups is 1. The quantitative estimate of drug-likeness (QED) is 0.744. The fourth-order valence-corrected chi connectivity index (χ4v) is 3.01. The van der Waals surface area contributed by atoms with Crippen molar-refractivity contribution in [2.45, 2.75) is 56.8 Å². The number of rotatable bonds is 4. The molecule has 18 heavy (non-hydrogen) atoms. The van der Waals surface area contributed by atoms with E-state index >= 15 is 0 Å². The van der Waals surface area contributed by atoms with E-state index < -0.39 is 5.60 Å². The van der Waals surface area contributed by atoms with Gasteiger partial charge in [0.2, 0.25) is 5.91 Å². The maximum absolute atomic E-state index is 11.9. The molecular weight excluding hydrogens is 230 g/mol. The van der Waals surface area contributed by atoms with Gasteiger partial charge < -0.3 is 15.2 Å². The molecule has 2 fully saturated rings. The maximum Gasteiger partial charge on any atom is 0.223 e. The summed E-state index contributed by atoms with van der Waals surface area (Å²) >= 11 is 0. The van der Waals surface area contributed by atoms with Crippen LogP contribution in [0.3, 0.4) is 0 Å². The standard InChI is InChI=1S/C14H23NO3/c1-3-14(2,17)9-13(16)15-11-5-4-6-12-10(11)7-8-18-12/h3,10-12,17H,1,4-9H2,2H3,(H,15,16)/t10-,11+,12-,14-/m0/s1. The van der Waals surface area contributed by atoms with Crippen LogP contribution < -0.4 is 5.32 Å². The number of ether oxygens (including phenoxy) is 1. The molecule has 0 bridgehead atoms. The molecule has 1 saturated carbocycles. The molecule has 0 spiro atoms. The second-order valence-corrected chi connectivity index (χ2v) is 5.70. The number of nitrogens with one attached hydrogen (secondary N) is 1. The second-order valence-electron chi connectivity index (χ2n) is 5.70. The lowest BCUT2D eigenvalue weighted by molar-refractivity contribution is -0.125. The number of hydrogen-bond donors (Lipinski definition) is 2. The topological polar surface area (TPSA) is 58.6 Å². The van der Waals surface area contributed by atoms with Gasteiger partial charge in [-0.2, -0.15) is 0 Å². The Balaban J connectivity index is 1.88. The minimum absolute atomic E-state index is 0.0746. The van der Waals surface area contributed by atoms with Gasteiger partial charge >= 0.3 is 0 Å². The number of fused-ring (bicyclic) bond motifs is 1. The molecule has 1 amide bonds. The highest BCUT2D eigenvalue weighted by Gasteiger charge is 2.38. The van der Waals surface area contributed by atoms with Crippen molar-refractivity contribution in [1.29, 1.82) is 0 Å². The summed E-state index contributed by atoms with van der Waals surface area (Å²) < 4.78 is 5.67. The maximum atomic E-state index is 11.9. The summed E-state index contributed by atoms with van der Waals surface area (Å²) in [6.07, 6.45) is 6.08.